The van der Waals surface area contributed by atoms with Gasteiger partial charge in [0.05, 0.1) is 0 Å². The highest BCUT2D eigenvalue weighted by Crippen LogP contribution is 2.54. The van der Waals surface area contributed by atoms with Crippen LogP contribution in [0.1, 0.15) is 68.1 Å². The van der Waals surface area contributed by atoms with Crippen molar-refractivity contribution >= 4 is 20.9 Å². The average Bonchev–Trinajstić information content (AvgIpc) is 2.66. The van der Waals surface area contributed by atoms with Crippen LogP contribution in [0.15, 0.2) is 24.3 Å². The van der Waals surface area contributed by atoms with Gasteiger partial charge in [-0.2, -0.15) is 0 Å². The Labute approximate surface area is 191 Å². The van der Waals surface area contributed by atoms with E-state index in [0.717, 1.165) is 63.5 Å². The van der Waals surface area contributed by atoms with Crippen molar-refractivity contribution in [3.05, 3.63) is 29.8 Å². The van der Waals surface area contributed by atoms with E-state index in [4.69, 9.17) is 9.79 Å². The van der Waals surface area contributed by atoms with Crippen molar-refractivity contribution in [2.45, 2.75) is 64.1 Å². The van der Waals surface area contributed by atoms with Gasteiger partial charge in [0, 0.05) is 18.3 Å². The molecule has 0 saturated carbocycles. The Morgan fingerprint density at radius 3 is 1.82 bits per heavy atom. The van der Waals surface area contributed by atoms with E-state index in [9.17, 15) is 32.0 Å². The molecule has 1 atom stereocenters. The minimum absolute atomic E-state index is 0.0741. The first-order chi connectivity index (χ1) is 15.3. The number of hydrogen-bond donors (Lipinski definition) is 4. The van der Waals surface area contributed by atoms with E-state index in [1.807, 2.05) is 0 Å². The van der Waals surface area contributed by atoms with Crippen molar-refractivity contribution in [2.24, 2.45) is 0 Å². The van der Waals surface area contributed by atoms with E-state index >= 15 is 0 Å². The van der Waals surface area contributed by atoms with Crippen LogP contribution in [-0.2, 0) is 9.13 Å². The molecule has 1 aromatic rings. The van der Waals surface area contributed by atoms with Gasteiger partial charge >= 0.3 is 14.0 Å². The van der Waals surface area contributed by atoms with E-state index < -0.39 is 27.2 Å². The van der Waals surface area contributed by atoms with Crippen LogP contribution in [0, 0.1) is 0 Å². The molecule has 0 aliphatic heterocycles. The van der Waals surface area contributed by atoms with Crippen molar-refractivity contribution in [2.75, 3.05) is 18.6 Å². The van der Waals surface area contributed by atoms with Gasteiger partial charge in [-0.3, -0.25) is 13.9 Å². The number of alkyl halides is 3. The molecule has 0 spiro atoms. The zero-order valence-electron chi connectivity index (χ0n) is 18.3. The molecule has 33 heavy (non-hydrogen) atoms. The van der Waals surface area contributed by atoms with Crippen molar-refractivity contribution in [3.8, 4) is 5.75 Å². The van der Waals surface area contributed by atoms with E-state index in [1.165, 1.54) is 12.1 Å². The molecule has 190 valence electrons. The average molecular weight is 517 g/mol. The van der Waals surface area contributed by atoms with E-state index in [2.05, 4.69) is 10.1 Å². The molecule has 0 fully saturated rings. The number of hydrogen-bond acceptors (Lipinski definition) is 4. The number of benzene rings is 1. The first kappa shape index (κ1) is 29.7. The lowest BCUT2D eigenvalue weighted by Gasteiger charge is -2.12. The summed E-state index contributed by atoms with van der Waals surface area (Å²) in [5, 5.41) is 2.72. The van der Waals surface area contributed by atoms with Crippen LogP contribution >= 0.6 is 15.0 Å². The quantitative estimate of drug-likeness (QED) is 0.174. The predicted molar refractivity (Wildman–Crippen MR) is 119 cm³/mol. The van der Waals surface area contributed by atoms with Gasteiger partial charge in [-0.15, -0.1) is 13.2 Å². The maximum atomic E-state index is 12.1. The molecule has 1 amide bonds. The van der Waals surface area contributed by atoms with Crippen molar-refractivity contribution in [3.63, 3.8) is 0 Å². The van der Waals surface area contributed by atoms with E-state index in [1.54, 1.807) is 0 Å². The van der Waals surface area contributed by atoms with Gasteiger partial charge in [0.2, 0.25) is 7.37 Å². The fourth-order valence-electron chi connectivity index (χ4n) is 3.19. The molecular weight excluding hydrogens is 485 g/mol. The van der Waals surface area contributed by atoms with Crippen molar-refractivity contribution in [1.29, 1.82) is 0 Å². The van der Waals surface area contributed by atoms with Gasteiger partial charge in [0.25, 0.3) is 5.91 Å². The van der Waals surface area contributed by atoms with Crippen LogP contribution in [-0.4, -0.2) is 45.6 Å². The zero-order chi connectivity index (χ0) is 25.0. The molecule has 1 aromatic carbocycles. The molecule has 0 bridgehead atoms. The highest BCUT2D eigenvalue weighted by molar-refractivity contribution is 7.72. The molecule has 0 heterocycles. The molecule has 13 heteroatoms. The van der Waals surface area contributed by atoms with Crippen LogP contribution in [0.4, 0.5) is 13.2 Å². The molecule has 1 rings (SSSR count). The minimum Gasteiger partial charge on any atom is -0.406 e. The molecule has 0 aromatic heterocycles. The number of unbranched alkanes of at least 4 members (excludes halogenated alkanes) is 8. The number of amides is 1. The van der Waals surface area contributed by atoms with Gasteiger partial charge in [0.15, 0.2) is 0 Å². The first-order valence-corrected chi connectivity index (χ1v) is 14.6. The smallest absolute Gasteiger partial charge is 0.406 e. The fourth-order valence-corrected chi connectivity index (χ4v) is 6.78. The standard InChI is InChI=1S/C20H32F3NO7P2/c21-20(22,23)31-18-12-10-17(11-13-18)19(25)24-14-8-6-4-2-1-3-5-7-9-15-32(26,27)16-33(28,29)30/h10-13H,1-9,14-16H2,(H,24,25)(H,26,27)(H2,28,29,30). The highest BCUT2D eigenvalue weighted by Gasteiger charge is 2.31. The normalized spacial score (nSPS) is 14.0. The largest absolute Gasteiger partial charge is 0.573 e. The lowest BCUT2D eigenvalue weighted by molar-refractivity contribution is -0.274. The molecule has 0 aliphatic rings. The highest BCUT2D eigenvalue weighted by atomic mass is 31.2. The first-order valence-electron chi connectivity index (χ1n) is 10.8. The number of nitrogens with one attached hydrogen (secondary N) is 1. The Morgan fingerprint density at radius 1 is 0.848 bits per heavy atom. The van der Waals surface area contributed by atoms with Crippen LogP contribution in [0.2, 0.25) is 0 Å². The maximum Gasteiger partial charge on any atom is 0.573 e. The van der Waals surface area contributed by atoms with Gasteiger partial charge in [-0.05, 0) is 37.1 Å². The lowest BCUT2D eigenvalue weighted by Crippen LogP contribution is -2.24. The molecular formula is C20H32F3NO7P2. The fraction of sp³-hybridized carbons (Fsp3) is 0.650. The second kappa shape index (κ2) is 14.1. The van der Waals surface area contributed by atoms with Gasteiger partial charge in [-0.25, -0.2) is 0 Å². The number of rotatable bonds is 16. The lowest BCUT2D eigenvalue weighted by atomic mass is 10.1. The van der Waals surface area contributed by atoms with Crippen molar-refractivity contribution in [1.82, 2.24) is 5.32 Å². The SMILES string of the molecule is O=C(NCCCCCCCCCCCP(=O)(O)CP(=O)(O)O)c1ccc(OC(F)(F)F)cc1. The third kappa shape index (κ3) is 16.0. The third-order valence-electron chi connectivity index (χ3n) is 4.73. The molecule has 0 aliphatic carbocycles. The molecule has 0 radical (unpaired) electrons. The summed E-state index contributed by atoms with van der Waals surface area (Å²) in [6, 6.07) is 4.72. The molecule has 0 saturated heterocycles. The van der Waals surface area contributed by atoms with Crippen LogP contribution in [0.5, 0.6) is 5.75 Å². The minimum atomic E-state index is -4.77. The summed E-state index contributed by atoms with van der Waals surface area (Å²) in [5.41, 5.74) is 0.254. The summed E-state index contributed by atoms with van der Waals surface area (Å²) in [6.45, 7) is 0.468. The molecule has 4 N–H and O–H groups in total. The summed E-state index contributed by atoms with van der Waals surface area (Å²) in [4.78, 5) is 39.1. The van der Waals surface area contributed by atoms with E-state index in [-0.39, 0.29) is 23.4 Å². The topological polar surface area (TPSA) is 133 Å². The Hall–Kier alpha value is -1.38. The third-order valence-corrected chi connectivity index (χ3v) is 8.98. The number of carbonyl (C=O) groups is 1. The summed E-state index contributed by atoms with van der Waals surface area (Å²) in [7, 11) is -8.24. The van der Waals surface area contributed by atoms with Crippen LogP contribution < -0.4 is 10.1 Å². The second-order valence-electron chi connectivity index (χ2n) is 7.89. The van der Waals surface area contributed by atoms with Crippen molar-refractivity contribution < 1.29 is 46.5 Å². The Kier molecular flexibility index (Phi) is 12.7. The van der Waals surface area contributed by atoms with Gasteiger partial charge in [0.1, 0.15) is 11.7 Å². The van der Waals surface area contributed by atoms with Gasteiger partial charge < -0.3 is 24.7 Å². The second-order valence-corrected chi connectivity index (χ2v) is 12.5. The summed E-state index contributed by atoms with van der Waals surface area (Å²) >= 11 is 0. The number of halogens is 3. The van der Waals surface area contributed by atoms with Gasteiger partial charge in [-0.1, -0.05) is 44.9 Å². The predicted octanol–water partition coefficient (Wildman–Crippen LogP) is 5.23. The zero-order valence-corrected chi connectivity index (χ0v) is 20.1. The van der Waals surface area contributed by atoms with E-state index in [0.29, 0.717) is 13.0 Å². The number of ether oxygens (including phenoxy) is 1. The molecule has 8 nitrogen and oxygen atoms in total. The summed E-state index contributed by atoms with van der Waals surface area (Å²) in [6.07, 6.45) is 2.95. The Morgan fingerprint density at radius 2 is 1.33 bits per heavy atom. The number of carbonyl (C=O) groups excluding carboxylic acids is 1. The van der Waals surface area contributed by atoms with Crippen LogP contribution in [0.25, 0.3) is 0 Å². The summed E-state index contributed by atoms with van der Waals surface area (Å²) < 4.78 is 62.6. The Bertz CT molecular complexity index is 813. The molecule has 1 unspecified atom stereocenters. The monoisotopic (exact) mass is 517 g/mol. The maximum absolute atomic E-state index is 12.1. The van der Waals surface area contributed by atoms with Crippen LogP contribution in [0.3, 0.4) is 0 Å². The Balaban J connectivity index is 2.02. The summed E-state index contributed by atoms with van der Waals surface area (Å²) in [5.74, 6) is -1.70.